The van der Waals surface area contributed by atoms with Crippen LogP contribution in [0.3, 0.4) is 0 Å². The lowest BCUT2D eigenvalue weighted by Gasteiger charge is -2.26. The van der Waals surface area contributed by atoms with E-state index >= 15 is 0 Å². The van der Waals surface area contributed by atoms with Gasteiger partial charge in [0, 0.05) is 6.07 Å². The van der Waals surface area contributed by atoms with Crippen molar-refractivity contribution >= 4 is 5.97 Å². The maximum Gasteiger partial charge on any atom is 0.340 e. The van der Waals surface area contributed by atoms with Crippen LogP contribution in [-0.2, 0) is 9.53 Å². The van der Waals surface area contributed by atoms with Crippen LogP contribution >= 0.6 is 0 Å². The monoisotopic (exact) mass is 345 g/mol. The predicted molar refractivity (Wildman–Crippen MR) is 86.4 cm³/mol. The SMILES string of the molecule is CCOC(=O)C1=C(N)Oc2c(oc(C)cc2=O)C1c1cccc(F)c1. The van der Waals surface area contributed by atoms with Crippen molar-refractivity contribution in [2.45, 2.75) is 19.8 Å². The molecule has 2 N–H and O–H groups in total. The summed E-state index contributed by atoms with van der Waals surface area (Å²) in [7, 11) is 0. The highest BCUT2D eigenvalue weighted by Gasteiger charge is 2.39. The van der Waals surface area contributed by atoms with Crippen molar-refractivity contribution in [3.05, 3.63) is 74.9 Å². The summed E-state index contributed by atoms with van der Waals surface area (Å²) in [4.78, 5) is 24.6. The maximum atomic E-state index is 13.7. The van der Waals surface area contributed by atoms with Crippen LogP contribution in [0.15, 0.2) is 51.0 Å². The number of fused-ring (bicyclic) bond motifs is 1. The van der Waals surface area contributed by atoms with Crippen molar-refractivity contribution in [1.82, 2.24) is 0 Å². The third kappa shape index (κ3) is 3.00. The van der Waals surface area contributed by atoms with Gasteiger partial charge in [0.15, 0.2) is 5.76 Å². The number of aryl methyl sites for hydroxylation is 1. The zero-order valence-corrected chi connectivity index (χ0v) is 13.7. The second-order valence-corrected chi connectivity index (χ2v) is 5.50. The molecule has 1 unspecified atom stereocenters. The van der Waals surface area contributed by atoms with Gasteiger partial charge in [0.1, 0.15) is 17.2 Å². The average Bonchev–Trinajstić information content (AvgIpc) is 2.54. The van der Waals surface area contributed by atoms with Gasteiger partial charge in [0.2, 0.25) is 17.1 Å². The topological polar surface area (TPSA) is 91.8 Å². The number of halogens is 1. The van der Waals surface area contributed by atoms with E-state index in [-0.39, 0.29) is 29.6 Å². The average molecular weight is 345 g/mol. The second-order valence-electron chi connectivity index (χ2n) is 5.50. The van der Waals surface area contributed by atoms with Gasteiger partial charge < -0.3 is 19.6 Å². The molecule has 130 valence electrons. The van der Waals surface area contributed by atoms with E-state index < -0.39 is 23.1 Å². The lowest BCUT2D eigenvalue weighted by Crippen LogP contribution is -2.30. The van der Waals surface area contributed by atoms with Gasteiger partial charge in [0.05, 0.1) is 12.5 Å². The molecule has 1 aliphatic rings. The third-order valence-corrected chi connectivity index (χ3v) is 3.76. The van der Waals surface area contributed by atoms with Gasteiger partial charge in [-0.2, -0.15) is 0 Å². The Balaban J connectivity index is 2.28. The van der Waals surface area contributed by atoms with Gasteiger partial charge in [-0.05, 0) is 31.5 Å². The molecule has 25 heavy (non-hydrogen) atoms. The number of benzene rings is 1. The highest BCUT2D eigenvalue weighted by Crippen LogP contribution is 2.41. The molecular weight excluding hydrogens is 329 g/mol. The van der Waals surface area contributed by atoms with Crippen LogP contribution in [0.1, 0.15) is 29.9 Å². The molecule has 0 fully saturated rings. The molecule has 0 saturated heterocycles. The van der Waals surface area contributed by atoms with Crippen LogP contribution in [-0.4, -0.2) is 12.6 Å². The molecule has 0 spiro atoms. The van der Waals surface area contributed by atoms with Gasteiger partial charge >= 0.3 is 5.97 Å². The van der Waals surface area contributed by atoms with Crippen molar-refractivity contribution < 1.29 is 23.1 Å². The van der Waals surface area contributed by atoms with Crippen LogP contribution in [0.2, 0.25) is 0 Å². The molecule has 0 amide bonds. The molecule has 1 aliphatic heterocycles. The van der Waals surface area contributed by atoms with Gasteiger partial charge in [-0.1, -0.05) is 12.1 Å². The predicted octanol–water partition coefficient (Wildman–Crippen LogP) is 2.35. The Kier molecular flexibility index (Phi) is 4.31. The molecule has 1 aromatic carbocycles. The molecular formula is C18H16FNO5. The molecule has 3 rings (SSSR count). The smallest absolute Gasteiger partial charge is 0.340 e. The number of hydrogen-bond acceptors (Lipinski definition) is 6. The van der Waals surface area contributed by atoms with Crippen molar-refractivity contribution in [3.8, 4) is 5.75 Å². The summed E-state index contributed by atoms with van der Waals surface area (Å²) in [6.45, 7) is 3.36. The lowest BCUT2D eigenvalue weighted by atomic mass is 9.86. The van der Waals surface area contributed by atoms with Gasteiger partial charge in [-0.25, -0.2) is 9.18 Å². The van der Waals surface area contributed by atoms with Crippen LogP contribution < -0.4 is 15.9 Å². The van der Waals surface area contributed by atoms with Crippen molar-refractivity contribution in [1.29, 1.82) is 0 Å². The summed E-state index contributed by atoms with van der Waals surface area (Å²) in [5.74, 6) is -2.09. The molecule has 6 nitrogen and oxygen atoms in total. The number of esters is 1. The van der Waals surface area contributed by atoms with Crippen molar-refractivity contribution in [2.75, 3.05) is 6.61 Å². The van der Waals surface area contributed by atoms with E-state index in [1.807, 2.05) is 0 Å². The van der Waals surface area contributed by atoms with E-state index in [4.69, 9.17) is 19.6 Å². The van der Waals surface area contributed by atoms with E-state index in [2.05, 4.69) is 0 Å². The number of rotatable bonds is 3. The minimum atomic E-state index is -0.911. The zero-order chi connectivity index (χ0) is 18.1. The molecule has 0 saturated carbocycles. The van der Waals surface area contributed by atoms with Crippen LogP contribution in [0.25, 0.3) is 0 Å². The fourth-order valence-corrected chi connectivity index (χ4v) is 2.78. The number of nitrogens with two attached hydrogens (primary N) is 1. The summed E-state index contributed by atoms with van der Waals surface area (Å²) in [6.07, 6.45) is 0. The Morgan fingerprint density at radius 1 is 1.36 bits per heavy atom. The Bertz CT molecular complexity index is 931. The van der Waals surface area contributed by atoms with E-state index in [9.17, 15) is 14.0 Å². The summed E-state index contributed by atoms with van der Waals surface area (Å²) in [5.41, 5.74) is 5.80. The first-order valence-electron chi connectivity index (χ1n) is 7.67. The second kappa shape index (κ2) is 6.43. The molecule has 0 aliphatic carbocycles. The Labute approximate surface area is 142 Å². The first-order valence-corrected chi connectivity index (χ1v) is 7.67. The van der Waals surface area contributed by atoms with E-state index in [1.165, 1.54) is 24.3 Å². The number of ether oxygens (including phenoxy) is 2. The Morgan fingerprint density at radius 2 is 2.12 bits per heavy atom. The van der Waals surface area contributed by atoms with Gasteiger partial charge in [-0.3, -0.25) is 4.79 Å². The van der Waals surface area contributed by atoms with Crippen LogP contribution in [0.5, 0.6) is 5.75 Å². The molecule has 0 radical (unpaired) electrons. The van der Waals surface area contributed by atoms with Crippen LogP contribution in [0, 0.1) is 12.7 Å². The fraction of sp³-hybridized carbons (Fsp3) is 0.222. The molecule has 2 heterocycles. The van der Waals surface area contributed by atoms with E-state index in [0.717, 1.165) is 0 Å². The highest BCUT2D eigenvalue weighted by molar-refractivity contribution is 5.92. The summed E-state index contributed by atoms with van der Waals surface area (Å²) < 4.78 is 29.8. The third-order valence-electron chi connectivity index (χ3n) is 3.76. The zero-order valence-electron chi connectivity index (χ0n) is 13.7. The Hall–Kier alpha value is -3.09. The number of carbonyl (C=O) groups is 1. The number of carbonyl (C=O) groups excluding carboxylic acids is 1. The summed E-state index contributed by atoms with van der Waals surface area (Å²) in [6, 6.07) is 6.87. The lowest BCUT2D eigenvalue weighted by molar-refractivity contribution is -0.139. The molecule has 0 bridgehead atoms. The molecule has 1 aromatic heterocycles. The van der Waals surface area contributed by atoms with Gasteiger partial charge in [-0.15, -0.1) is 0 Å². The first-order chi connectivity index (χ1) is 11.9. The van der Waals surface area contributed by atoms with Gasteiger partial charge in [0.25, 0.3) is 0 Å². The Morgan fingerprint density at radius 3 is 2.80 bits per heavy atom. The highest BCUT2D eigenvalue weighted by atomic mass is 19.1. The standard InChI is InChI=1S/C18H16FNO5/c1-3-23-18(22)14-13(10-5-4-6-11(19)8-10)16-15(25-17(14)20)12(21)7-9(2)24-16/h4-8,13H,3,20H2,1-2H3. The fourth-order valence-electron chi connectivity index (χ4n) is 2.78. The van der Waals surface area contributed by atoms with Crippen molar-refractivity contribution in [3.63, 3.8) is 0 Å². The maximum absolute atomic E-state index is 13.7. The molecule has 1 atom stereocenters. The number of hydrogen-bond donors (Lipinski definition) is 1. The quantitative estimate of drug-likeness (QED) is 0.859. The van der Waals surface area contributed by atoms with Crippen molar-refractivity contribution in [2.24, 2.45) is 5.73 Å². The van der Waals surface area contributed by atoms with Crippen LogP contribution in [0.4, 0.5) is 4.39 Å². The normalized spacial score (nSPS) is 16.2. The minimum absolute atomic E-state index is 0.0336. The summed E-state index contributed by atoms with van der Waals surface area (Å²) >= 11 is 0. The summed E-state index contributed by atoms with van der Waals surface area (Å²) in [5, 5.41) is 0. The first kappa shape index (κ1) is 16.8. The van der Waals surface area contributed by atoms with E-state index in [1.54, 1.807) is 19.9 Å². The largest absolute Gasteiger partial charge is 0.462 e. The minimum Gasteiger partial charge on any atom is -0.462 e. The molecule has 7 heteroatoms. The van der Waals surface area contributed by atoms with E-state index in [0.29, 0.717) is 11.3 Å². The molecule has 2 aromatic rings.